The van der Waals surface area contributed by atoms with Crippen molar-refractivity contribution in [1.82, 2.24) is 4.90 Å². The summed E-state index contributed by atoms with van der Waals surface area (Å²) in [6.07, 6.45) is 7.96. The molecule has 0 aromatic heterocycles. The Morgan fingerprint density at radius 2 is 2.00 bits per heavy atom. The van der Waals surface area contributed by atoms with Gasteiger partial charge in [0.25, 0.3) is 5.91 Å². The Morgan fingerprint density at radius 1 is 1.27 bits per heavy atom. The fourth-order valence-electron chi connectivity index (χ4n) is 4.43. The van der Waals surface area contributed by atoms with E-state index >= 15 is 0 Å². The number of methoxy groups -OCH3 is 1. The highest BCUT2D eigenvalue weighted by Crippen LogP contribution is 2.42. The van der Waals surface area contributed by atoms with E-state index in [1.165, 1.54) is 44.1 Å². The molecule has 1 saturated carbocycles. The molecule has 0 saturated heterocycles. The summed E-state index contributed by atoms with van der Waals surface area (Å²) in [4.78, 5) is 14.4. The zero-order valence-electron chi connectivity index (χ0n) is 14.0. The van der Waals surface area contributed by atoms with Crippen LogP contribution in [-0.4, -0.2) is 31.5 Å². The minimum absolute atomic E-state index is 0.0362. The van der Waals surface area contributed by atoms with Gasteiger partial charge in [-0.3, -0.25) is 4.79 Å². The van der Waals surface area contributed by atoms with Crippen LogP contribution in [-0.2, 0) is 5.41 Å². The van der Waals surface area contributed by atoms with Crippen molar-refractivity contribution in [1.29, 1.82) is 0 Å². The molecule has 3 heteroatoms. The quantitative estimate of drug-likeness (QED) is 0.844. The van der Waals surface area contributed by atoms with Crippen LogP contribution in [0.4, 0.5) is 0 Å². The molecule has 3 nitrogen and oxygen atoms in total. The maximum Gasteiger partial charge on any atom is 0.253 e. The standard InChI is InChI=1S/C19H27NO2/c1-19(12-14-7-5-4-6-8-14)13-20(2)18(21)16-10-9-15(22-3)11-17(16)19/h9-11,14H,4-8,12-13H2,1-3H3. The first-order valence-electron chi connectivity index (χ1n) is 8.47. The first-order valence-corrected chi connectivity index (χ1v) is 8.47. The van der Waals surface area contributed by atoms with Crippen molar-refractivity contribution >= 4 is 5.91 Å². The van der Waals surface area contributed by atoms with E-state index in [2.05, 4.69) is 13.0 Å². The molecular weight excluding hydrogens is 274 g/mol. The maximum absolute atomic E-state index is 12.5. The van der Waals surface area contributed by atoms with Crippen LogP contribution in [0, 0.1) is 5.92 Å². The summed E-state index contributed by atoms with van der Waals surface area (Å²) in [6, 6.07) is 5.92. The predicted molar refractivity (Wildman–Crippen MR) is 88.5 cm³/mol. The van der Waals surface area contributed by atoms with Gasteiger partial charge >= 0.3 is 0 Å². The number of ether oxygens (including phenoxy) is 1. The predicted octanol–water partition coefficient (Wildman–Crippen LogP) is 4.01. The lowest BCUT2D eigenvalue weighted by atomic mass is 9.68. The molecule has 1 aliphatic carbocycles. The largest absolute Gasteiger partial charge is 0.497 e. The Bertz CT molecular complexity index is 563. The smallest absolute Gasteiger partial charge is 0.253 e. The highest BCUT2D eigenvalue weighted by atomic mass is 16.5. The minimum Gasteiger partial charge on any atom is -0.497 e. The van der Waals surface area contributed by atoms with Gasteiger partial charge in [0, 0.05) is 24.6 Å². The van der Waals surface area contributed by atoms with E-state index in [1.807, 2.05) is 24.1 Å². The lowest BCUT2D eigenvalue weighted by Crippen LogP contribution is -2.47. The van der Waals surface area contributed by atoms with Crippen molar-refractivity contribution in [3.63, 3.8) is 0 Å². The average Bonchev–Trinajstić information content (AvgIpc) is 2.53. The molecule has 1 fully saturated rings. The summed E-state index contributed by atoms with van der Waals surface area (Å²) < 4.78 is 5.40. The third-order valence-electron chi connectivity index (χ3n) is 5.50. The number of amides is 1. The lowest BCUT2D eigenvalue weighted by molar-refractivity contribution is 0.0708. The second kappa shape index (κ2) is 5.94. The number of carbonyl (C=O) groups is 1. The number of benzene rings is 1. The van der Waals surface area contributed by atoms with Gasteiger partial charge in [-0.1, -0.05) is 39.0 Å². The Kier molecular flexibility index (Phi) is 4.16. The Labute approximate surface area is 133 Å². The van der Waals surface area contributed by atoms with Gasteiger partial charge in [-0.2, -0.15) is 0 Å². The highest BCUT2D eigenvalue weighted by Gasteiger charge is 2.40. The molecule has 2 aliphatic rings. The molecule has 1 aromatic rings. The lowest BCUT2D eigenvalue weighted by Gasteiger charge is -2.43. The van der Waals surface area contributed by atoms with Gasteiger partial charge in [0.05, 0.1) is 7.11 Å². The van der Waals surface area contributed by atoms with Gasteiger partial charge in [0.1, 0.15) is 5.75 Å². The number of carbonyl (C=O) groups excluding carboxylic acids is 1. The van der Waals surface area contributed by atoms with Crippen LogP contribution in [0.25, 0.3) is 0 Å². The van der Waals surface area contributed by atoms with Gasteiger partial charge in [-0.05, 0) is 36.1 Å². The number of rotatable bonds is 3. The van der Waals surface area contributed by atoms with Crippen LogP contribution in [0.1, 0.15) is 61.4 Å². The Balaban J connectivity index is 1.96. The van der Waals surface area contributed by atoms with Crippen LogP contribution >= 0.6 is 0 Å². The van der Waals surface area contributed by atoms with Gasteiger partial charge in [0.2, 0.25) is 0 Å². The molecule has 120 valence electrons. The third-order valence-corrected chi connectivity index (χ3v) is 5.50. The molecular formula is C19H27NO2. The fraction of sp³-hybridized carbons (Fsp3) is 0.632. The number of nitrogens with zero attached hydrogens (tertiary/aromatic N) is 1. The minimum atomic E-state index is 0.0362. The van der Waals surface area contributed by atoms with Gasteiger partial charge < -0.3 is 9.64 Å². The topological polar surface area (TPSA) is 29.5 Å². The Morgan fingerprint density at radius 3 is 2.68 bits per heavy atom. The molecule has 3 rings (SSSR count). The van der Waals surface area contributed by atoms with E-state index in [0.717, 1.165) is 23.8 Å². The molecule has 1 aromatic carbocycles. The van der Waals surface area contributed by atoms with Crippen LogP contribution in [0.5, 0.6) is 5.75 Å². The molecule has 22 heavy (non-hydrogen) atoms. The number of fused-ring (bicyclic) bond motifs is 1. The van der Waals surface area contributed by atoms with Crippen molar-refractivity contribution in [3.8, 4) is 5.75 Å². The Hall–Kier alpha value is -1.51. The van der Waals surface area contributed by atoms with Gasteiger partial charge in [-0.15, -0.1) is 0 Å². The maximum atomic E-state index is 12.5. The zero-order valence-corrected chi connectivity index (χ0v) is 14.0. The molecule has 0 bridgehead atoms. The van der Waals surface area contributed by atoms with E-state index in [9.17, 15) is 4.79 Å². The van der Waals surface area contributed by atoms with Crippen LogP contribution < -0.4 is 4.74 Å². The summed E-state index contributed by atoms with van der Waals surface area (Å²) in [5, 5.41) is 0. The molecule has 1 atom stereocenters. The molecule has 1 heterocycles. The number of likely N-dealkylation sites (N-methyl/N-ethyl adjacent to an activating group) is 1. The number of hydrogen-bond donors (Lipinski definition) is 0. The summed E-state index contributed by atoms with van der Waals surface area (Å²) in [5.74, 6) is 1.78. The molecule has 1 unspecified atom stereocenters. The van der Waals surface area contributed by atoms with E-state index in [0.29, 0.717) is 0 Å². The first-order chi connectivity index (χ1) is 10.5. The summed E-state index contributed by atoms with van der Waals surface area (Å²) >= 11 is 0. The molecule has 1 aliphatic heterocycles. The van der Waals surface area contributed by atoms with Crippen molar-refractivity contribution < 1.29 is 9.53 Å². The summed E-state index contributed by atoms with van der Waals surface area (Å²) in [7, 11) is 3.62. The molecule has 0 radical (unpaired) electrons. The van der Waals surface area contributed by atoms with E-state index in [4.69, 9.17) is 4.74 Å². The van der Waals surface area contributed by atoms with E-state index in [-0.39, 0.29) is 11.3 Å². The fourth-order valence-corrected chi connectivity index (χ4v) is 4.43. The molecule has 0 spiro atoms. The molecule has 0 N–H and O–H groups in total. The van der Waals surface area contributed by atoms with Crippen LogP contribution in [0.15, 0.2) is 18.2 Å². The summed E-state index contributed by atoms with van der Waals surface area (Å²) in [5.41, 5.74) is 2.07. The second-order valence-corrected chi connectivity index (χ2v) is 7.34. The average molecular weight is 301 g/mol. The SMILES string of the molecule is COc1ccc2c(c1)C(C)(CC1CCCCC1)CN(C)C2=O. The van der Waals surface area contributed by atoms with Crippen molar-refractivity contribution in [2.45, 2.75) is 50.9 Å². The second-order valence-electron chi connectivity index (χ2n) is 7.34. The first kappa shape index (κ1) is 15.4. The van der Waals surface area contributed by atoms with E-state index in [1.54, 1.807) is 7.11 Å². The highest BCUT2D eigenvalue weighted by molar-refractivity contribution is 5.97. The monoisotopic (exact) mass is 301 g/mol. The zero-order chi connectivity index (χ0) is 15.7. The van der Waals surface area contributed by atoms with Crippen LogP contribution in [0.3, 0.4) is 0 Å². The van der Waals surface area contributed by atoms with Crippen molar-refractivity contribution in [2.75, 3.05) is 20.7 Å². The molecule has 1 amide bonds. The normalized spacial score (nSPS) is 26.0. The van der Waals surface area contributed by atoms with Gasteiger partial charge in [0.15, 0.2) is 0 Å². The summed E-state index contributed by atoms with van der Waals surface area (Å²) in [6.45, 7) is 3.13. The van der Waals surface area contributed by atoms with E-state index < -0.39 is 0 Å². The van der Waals surface area contributed by atoms with Crippen LogP contribution in [0.2, 0.25) is 0 Å². The third kappa shape index (κ3) is 2.73. The van der Waals surface area contributed by atoms with Crippen molar-refractivity contribution in [3.05, 3.63) is 29.3 Å². The van der Waals surface area contributed by atoms with Crippen molar-refractivity contribution in [2.24, 2.45) is 5.92 Å². The van der Waals surface area contributed by atoms with Gasteiger partial charge in [-0.25, -0.2) is 0 Å². The number of hydrogen-bond acceptors (Lipinski definition) is 2.